The summed E-state index contributed by atoms with van der Waals surface area (Å²) in [6, 6.07) is 9.42. The Hall–Kier alpha value is -1.12. The monoisotopic (exact) mass is 265 g/mol. The van der Waals surface area contributed by atoms with Gasteiger partial charge in [0.2, 0.25) is 0 Å². The average molecular weight is 266 g/mol. The number of allylic oxidation sites excluding steroid dienone is 1. The molecule has 2 nitrogen and oxygen atoms in total. The molecule has 3 heteroatoms. The van der Waals surface area contributed by atoms with Gasteiger partial charge in [-0.2, -0.15) is 0 Å². The lowest BCUT2D eigenvalue weighted by atomic mass is 10.1. The molecule has 0 radical (unpaired) electrons. The highest BCUT2D eigenvalue weighted by atomic mass is 35.5. The lowest BCUT2D eigenvalue weighted by Crippen LogP contribution is -2.29. The molecule has 2 rings (SSSR count). The molecule has 0 atom stereocenters. The molecule has 18 heavy (non-hydrogen) atoms. The van der Waals surface area contributed by atoms with E-state index in [1.165, 1.54) is 32.4 Å². The van der Waals surface area contributed by atoms with Gasteiger partial charge < -0.3 is 0 Å². The highest BCUT2D eigenvalue weighted by Gasteiger charge is 2.07. The third-order valence-corrected chi connectivity index (χ3v) is 3.14. The predicted octanol–water partition coefficient (Wildman–Crippen LogP) is 3.33. The van der Waals surface area contributed by atoms with Crippen LogP contribution in [0.2, 0.25) is 0 Å². The maximum absolute atomic E-state index is 11.8. The zero-order valence-electron chi connectivity index (χ0n) is 10.5. The van der Waals surface area contributed by atoms with E-state index in [0.29, 0.717) is 0 Å². The van der Waals surface area contributed by atoms with Crippen LogP contribution in [-0.4, -0.2) is 30.3 Å². The Morgan fingerprint density at radius 3 is 2.44 bits per heavy atom. The van der Waals surface area contributed by atoms with E-state index in [1.807, 2.05) is 36.4 Å². The second kappa shape index (κ2) is 8.06. The quantitative estimate of drug-likeness (QED) is 0.615. The van der Waals surface area contributed by atoms with Crippen molar-refractivity contribution in [2.75, 3.05) is 19.6 Å². The van der Waals surface area contributed by atoms with E-state index in [4.69, 9.17) is 0 Å². The summed E-state index contributed by atoms with van der Waals surface area (Å²) in [6.07, 6.45) is 7.62. The molecule has 1 aliphatic heterocycles. The van der Waals surface area contributed by atoms with E-state index in [-0.39, 0.29) is 18.2 Å². The van der Waals surface area contributed by atoms with Gasteiger partial charge in [-0.1, -0.05) is 42.8 Å². The number of piperidine rings is 1. The summed E-state index contributed by atoms with van der Waals surface area (Å²) in [5, 5.41) is 0. The minimum atomic E-state index is 0. The summed E-state index contributed by atoms with van der Waals surface area (Å²) in [4.78, 5) is 14.2. The molecule has 1 aromatic rings. The van der Waals surface area contributed by atoms with Crippen LogP contribution in [0, 0.1) is 0 Å². The summed E-state index contributed by atoms with van der Waals surface area (Å²) < 4.78 is 0. The molecule has 0 aliphatic carbocycles. The van der Waals surface area contributed by atoms with Crippen molar-refractivity contribution >= 4 is 18.2 Å². The fraction of sp³-hybridized carbons (Fsp3) is 0.400. The molecule has 0 saturated carbocycles. The van der Waals surface area contributed by atoms with Crippen LogP contribution < -0.4 is 0 Å². The van der Waals surface area contributed by atoms with Crippen molar-refractivity contribution in [3.05, 3.63) is 48.0 Å². The van der Waals surface area contributed by atoms with Gasteiger partial charge in [-0.15, -0.1) is 12.4 Å². The van der Waals surface area contributed by atoms with Crippen LogP contribution in [0.1, 0.15) is 29.6 Å². The number of carbonyl (C=O) groups excluding carboxylic acids is 1. The van der Waals surface area contributed by atoms with Gasteiger partial charge in [-0.25, -0.2) is 0 Å². The number of rotatable bonds is 4. The number of nitrogens with zero attached hydrogens (tertiary/aromatic N) is 1. The first kappa shape index (κ1) is 14.9. The lowest BCUT2D eigenvalue weighted by Gasteiger charge is -2.24. The Labute approximate surface area is 115 Å². The fourth-order valence-electron chi connectivity index (χ4n) is 2.15. The van der Waals surface area contributed by atoms with Crippen molar-refractivity contribution in [2.45, 2.75) is 19.3 Å². The average Bonchev–Trinajstić information content (AvgIpc) is 2.41. The zero-order valence-corrected chi connectivity index (χ0v) is 11.4. The van der Waals surface area contributed by atoms with Gasteiger partial charge in [0.25, 0.3) is 0 Å². The minimum Gasteiger partial charge on any atom is -0.300 e. The Kier molecular flexibility index (Phi) is 6.69. The molecule has 0 unspecified atom stereocenters. The van der Waals surface area contributed by atoms with E-state index >= 15 is 0 Å². The third kappa shape index (κ3) is 4.63. The van der Waals surface area contributed by atoms with Crippen LogP contribution in [-0.2, 0) is 0 Å². The second-order valence-electron chi connectivity index (χ2n) is 4.49. The van der Waals surface area contributed by atoms with Crippen molar-refractivity contribution in [1.29, 1.82) is 0 Å². The predicted molar refractivity (Wildman–Crippen MR) is 77.5 cm³/mol. The molecule has 0 aromatic heterocycles. The Morgan fingerprint density at radius 1 is 1.11 bits per heavy atom. The molecule has 1 saturated heterocycles. The molecule has 0 N–H and O–H groups in total. The van der Waals surface area contributed by atoms with Crippen molar-refractivity contribution < 1.29 is 4.79 Å². The molecule has 0 bridgehead atoms. The van der Waals surface area contributed by atoms with Crippen LogP contribution >= 0.6 is 12.4 Å². The van der Waals surface area contributed by atoms with E-state index in [2.05, 4.69) is 4.90 Å². The Morgan fingerprint density at radius 2 is 1.78 bits per heavy atom. The smallest absolute Gasteiger partial charge is 0.185 e. The van der Waals surface area contributed by atoms with Crippen LogP contribution in [0.4, 0.5) is 0 Å². The number of halogens is 1. The largest absolute Gasteiger partial charge is 0.300 e. The van der Waals surface area contributed by atoms with Gasteiger partial charge in [0.05, 0.1) is 0 Å². The van der Waals surface area contributed by atoms with Gasteiger partial charge in [0, 0.05) is 12.1 Å². The molecule has 1 fully saturated rings. The van der Waals surface area contributed by atoms with Crippen LogP contribution in [0.5, 0.6) is 0 Å². The van der Waals surface area contributed by atoms with Crippen LogP contribution in [0.3, 0.4) is 0 Å². The highest BCUT2D eigenvalue weighted by Crippen LogP contribution is 2.08. The molecule has 1 aromatic carbocycles. The lowest BCUT2D eigenvalue weighted by molar-refractivity contribution is 0.104. The highest BCUT2D eigenvalue weighted by molar-refractivity contribution is 6.04. The van der Waals surface area contributed by atoms with Gasteiger partial charge in [-0.05, 0) is 32.0 Å². The van der Waals surface area contributed by atoms with E-state index in [9.17, 15) is 4.79 Å². The van der Waals surface area contributed by atoms with Crippen LogP contribution in [0.15, 0.2) is 42.5 Å². The molecule has 98 valence electrons. The van der Waals surface area contributed by atoms with Gasteiger partial charge in [0.15, 0.2) is 5.78 Å². The number of benzene rings is 1. The molecular weight excluding hydrogens is 246 g/mol. The number of carbonyl (C=O) groups is 1. The fourth-order valence-corrected chi connectivity index (χ4v) is 2.15. The molecular formula is C15H20ClNO. The Bertz CT molecular complexity index is 383. The van der Waals surface area contributed by atoms with Crippen molar-refractivity contribution in [3.63, 3.8) is 0 Å². The van der Waals surface area contributed by atoms with E-state index in [0.717, 1.165) is 12.1 Å². The molecule has 0 spiro atoms. The maximum atomic E-state index is 11.8. The summed E-state index contributed by atoms with van der Waals surface area (Å²) in [7, 11) is 0. The summed E-state index contributed by atoms with van der Waals surface area (Å²) in [5.74, 6) is 0.0996. The number of ketones is 1. The standard InChI is InChI=1S/C15H19NO.ClH/c17-15(14-8-3-1-4-9-14)10-7-13-16-11-5-2-6-12-16;/h1,3-4,7-10H,2,5-6,11-13H2;1H/b10-7+;. The Balaban J connectivity index is 0.00000162. The van der Waals surface area contributed by atoms with Crippen molar-refractivity contribution in [2.24, 2.45) is 0 Å². The number of hydrogen-bond acceptors (Lipinski definition) is 2. The molecule has 0 amide bonds. The normalized spacial score (nSPS) is 16.4. The first-order chi connectivity index (χ1) is 8.36. The second-order valence-corrected chi connectivity index (χ2v) is 4.49. The zero-order chi connectivity index (χ0) is 11.9. The van der Waals surface area contributed by atoms with Crippen molar-refractivity contribution in [1.82, 2.24) is 4.90 Å². The first-order valence-corrected chi connectivity index (χ1v) is 6.34. The maximum Gasteiger partial charge on any atom is 0.185 e. The SMILES string of the molecule is Cl.O=C(/C=C/CN1CCCCC1)c1ccccc1. The topological polar surface area (TPSA) is 20.3 Å². The summed E-state index contributed by atoms with van der Waals surface area (Å²) in [6.45, 7) is 3.24. The van der Waals surface area contributed by atoms with E-state index < -0.39 is 0 Å². The van der Waals surface area contributed by atoms with Gasteiger partial charge in [0.1, 0.15) is 0 Å². The van der Waals surface area contributed by atoms with Crippen molar-refractivity contribution in [3.8, 4) is 0 Å². The number of hydrogen-bond donors (Lipinski definition) is 0. The summed E-state index contributed by atoms with van der Waals surface area (Å²) in [5.41, 5.74) is 0.766. The number of likely N-dealkylation sites (tertiary alicyclic amines) is 1. The first-order valence-electron chi connectivity index (χ1n) is 6.34. The van der Waals surface area contributed by atoms with Crippen LogP contribution in [0.25, 0.3) is 0 Å². The van der Waals surface area contributed by atoms with Gasteiger partial charge in [-0.3, -0.25) is 9.69 Å². The third-order valence-electron chi connectivity index (χ3n) is 3.14. The molecule has 1 heterocycles. The van der Waals surface area contributed by atoms with Gasteiger partial charge >= 0.3 is 0 Å². The van der Waals surface area contributed by atoms with E-state index in [1.54, 1.807) is 6.08 Å². The molecule has 1 aliphatic rings. The summed E-state index contributed by atoms with van der Waals surface area (Å²) >= 11 is 0. The minimum absolute atomic E-state index is 0.